The molecule has 9 heteroatoms. The number of halogens is 3. The number of nitrogens with zero attached hydrogens (tertiary/aromatic N) is 3. The molecule has 0 radical (unpaired) electrons. The summed E-state index contributed by atoms with van der Waals surface area (Å²) in [4.78, 5) is 10.6. The fraction of sp³-hybridized carbons (Fsp3) is 0.571. The molecule has 16 heavy (non-hydrogen) atoms. The Kier molecular flexibility index (Phi) is 2.44. The Bertz CT molecular complexity index is 403. The third-order valence-corrected chi connectivity index (χ3v) is 1.97. The second-order valence-electron chi connectivity index (χ2n) is 3.23. The molecule has 1 aliphatic rings. The topological polar surface area (TPSA) is 69.0 Å². The van der Waals surface area contributed by atoms with E-state index in [4.69, 9.17) is 4.74 Å². The van der Waals surface area contributed by atoms with E-state index in [1.54, 1.807) is 0 Å². The summed E-state index contributed by atoms with van der Waals surface area (Å²) in [6.45, 7) is 0.294. The molecule has 0 saturated carbocycles. The second-order valence-corrected chi connectivity index (χ2v) is 3.23. The van der Waals surface area contributed by atoms with Gasteiger partial charge in [-0.25, -0.2) is 9.48 Å². The van der Waals surface area contributed by atoms with Gasteiger partial charge in [0.1, 0.15) is 6.10 Å². The van der Waals surface area contributed by atoms with Gasteiger partial charge in [-0.1, -0.05) is 5.21 Å². The third-order valence-electron chi connectivity index (χ3n) is 1.97. The van der Waals surface area contributed by atoms with Crippen molar-refractivity contribution in [2.24, 2.45) is 0 Å². The van der Waals surface area contributed by atoms with Crippen LogP contribution in [0.4, 0.5) is 18.0 Å². The van der Waals surface area contributed by atoms with E-state index in [2.05, 4.69) is 15.6 Å². The van der Waals surface area contributed by atoms with Crippen molar-refractivity contribution in [3.8, 4) is 0 Å². The van der Waals surface area contributed by atoms with Crippen LogP contribution in [0.15, 0.2) is 6.20 Å². The van der Waals surface area contributed by atoms with Crippen molar-refractivity contribution < 1.29 is 22.7 Å². The number of ether oxygens (including phenoxy) is 1. The smallest absolute Gasteiger partial charge is 0.436 e. The Balaban J connectivity index is 2.00. The molecule has 1 unspecified atom stereocenters. The van der Waals surface area contributed by atoms with Gasteiger partial charge < -0.3 is 10.1 Å². The van der Waals surface area contributed by atoms with Crippen LogP contribution in [-0.4, -0.2) is 33.7 Å². The normalized spacial score (nSPS) is 20.7. The monoisotopic (exact) mass is 236 g/mol. The molecule has 2 heterocycles. The number of aromatic nitrogens is 3. The van der Waals surface area contributed by atoms with Crippen LogP contribution >= 0.6 is 0 Å². The number of rotatable bonds is 2. The summed E-state index contributed by atoms with van der Waals surface area (Å²) < 4.78 is 42.2. The van der Waals surface area contributed by atoms with Gasteiger partial charge in [-0.3, -0.25) is 0 Å². The molecule has 1 aliphatic heterocycles. The summed E-state index contributed by atoms with van der Waals surface area (Å²) in [5.74, 6) is 0. The van der Waals surface area contributed by atoms with E-state index in [-0.39, 0.29) is 13.1 Å². The lowest BCUT2D eigenvalue weighted by Gasteiger charge is -2.06. The van der Waals surface area contributed by atoms with Crippen LogP contribution in [0, 0.1) is 0 Å². The summed E-state index contributed by atoms with van der Waals surface area (Å²) in [6.07, 6.45) is -4.84. The zero-order valence-corrected chi connectivity index (χ0v) is 7.86. The maximum Gasteiger partial charge on any atom is 0.436 e. The summed E-state index contributed by atoms with van der Waals surface area (Å²) in [5.41, 5.74) is -1.07. The molecule has 2 rings (SSSR count). The Labute approximate surface area is 87.4 Å². The molecule has 1 aromatic rings. The van der Waals surface area contributed by atoms with Gasteiger partial charge in [0.25, 0.3) is 0 Å². The number of hydrogen-bond acceptors (Lipinski definition) is 4. The Hall–Kier alpha value is -1.80. The van der Waals surface area contributed by atoms with Gasteiger partial charge in [0.05, 0.1) is 19.3 Å². The third kappa shape index (κ3) is 2.23. The van der Waals surface area contributed by atoms with E-state index in [9.17, 15) is 18.0 Å². The first-order valence-electron chi connectivity index (χ1n) is 4.37. The van der Waals surface area contributed by atoms with Crippen molar-refractivity contribution in [2.45, 2.75) is 18.8 Å². The van der Waals surface area contributed by atoms with Crippen molar-refractivity contribution in [3.63, 3.8) is 0 Å². The zero-order valence-electron chi connectivity index (χ0n) is 7.86. The first-order valence-corrected chi connectivity index (χ1v) is 4.37. The average molecular weight is 236 g/mol. The number of cyclic esters (lactones) is 1. The fourth-order valence-corrected chi connectivity index (χ4v) is 1.26. The quantitative estimate of drug-likeness (QED) is 0.807. The van der Waals surface area contributed by atoms with Crippen molar-refractivity contribution in [1.82, 2.24) is 20.3 Å². The van der Waals surface area contributed by atoms with E-state index >= 15 is 0 Å². The average Bonchev–Trinajstić information content (AvgIpc) is 2.74. The molecule has 0 spiro atoms. The molecule has 1 amide bonds. The summed E-state index contributed by atoms with van der Waals surface area (Å²) in [5, 5.41) is 8.66. The van der Waals surface area contributed by atoms with Gasteiger partial charge in [0.15, 0.2) is 5.69 Å². The molecule has 1 atom stereocenters. The maximum atomic E-state index is 12.2. The minimum Gasteiger partial charge on any atom is -0.442 e. The largest absolute Gasteiger partial charge is 0.442 e. The molecule has 1 N–H and O–H groups in total. The van der Waals surface area contributed by atoms with Crippen LogP contribution in [0.1, 0.15) is 5.69 Å². The Morgan fingerprint density at radius 2 is 2.38 bits per heavy atom. The summed E-state index contributed by atoms with van der Waals surface area (Å²) in [7, 11) is 0. The predicted octanol–water partition coefficient (Wildman–Crippen LogP) is 0.405. The highest BCUT2D eigenvalue weighted by Crippen LogP contribution is 2.26. The molecule has 1 saturated heterocycles. The molecular weight excluding hydrogens is 229 g/mol. The first-order chi connectivity index (χ1) is 7.45. The number of carbonyl (C=O) groups excluding carboxylic acids is 1. The molecule has 0 aliphatic carbocycles. The Morgan fingerprint density at radius 3 is 2.88 bits per heavy atom. The van der Waals surface area contributed by atoms with Gasteiger partial charge in [0, 0.05) is 0 Å². The lowest BCUT2D eigenvalue weighted by molar-refractivity contribution is -0.141. The summed E-state index contributed by atoms with van der Waals surface area (Å²) >= 11 is 0. The lowest BCUT2D eigenvalue weighted by Crippen LogP contribution is -2.20. The van der Waals surface area contributed by atoms with Crippen LogP contribution in [-0.2, 0) is 17.5 Å². The second kappa shape index (κ2) is 3.65. The minimum absolute atomic E-state index is 0.0435. The molecule has 1 aromatic heterocycles. The molecule has 88 valence electrons. The Morgan fingerprint density at radius 1 is 1.62 bits per heavy atom. The number of alkyl carbamates (subject to hydrolysis) is 1. The van der Waals surface area contributed by atoms with E-state index in [0.29, 0.717) is 0 Å². The van der Waals surface area contributed by atoms with Crippen LogP contribution < -0.4 is 5.32 Å². The highest BCUT2D eigenvalue weighted by atomic mass is 19.4. The summed E-state index contributed by atoms with van der Waals surface area (Å²) in [6, 6.07) is 0. The van der Waals surface area contributed by atoms with E-state index < -0.39 is 24.1 Å². The standard InChI is InChI=1S/C7H7F3N4O2/c8-7(9,10)5-3-14(13-12-5)2-4-1-11-6(15)16-4/h3-4H,1-2H2,(H,11,15). The number of carbonyl (C=O) groups is 1. The van der Waals surface area contributed by atoms with Gasteiger partial charge >= 0.3 is 12.3 Å². The van der Waals surface area contributed by atoms with Crippen LogP contribution in [0.2, 0.25) is 0 Å². The first kappa shape index (κ1) is 10.7. The maximum absolute atomic E-state index is 12.2. The van der Waals surface area contributed by atoms with Crippen molar-refractivity contribution in [2.75, 3.05) is 6.54 Å². The lowest BCUT2D eigenvalue weighted by atomic mass is 10.3. The van der Waals surface area contributed by atoms with Gasteiger partial charge in [0.2, 0.25) is 0 Å². The van der Waals surface area contributed by atoms with Gasteiger partial charge in [-0.2, -0.15) is 13.2 Å². The van der Waals surface area contributed by atoms with E-state index in [0.717, 1.165) is 10.9 Å². The molecule has 0 aromatic carbocycles. The highest BCUT2D eigenvalue weighted by molar-refractivity contribution is 5.69. The predicted molar refractivity (Wildman–Crippen MR) is 43.3 cm³/mol. The number of alkyl halides is 3. The zero-order chi connectivity index (χ0) is 11.8. The SMILES string of the molecule is O=C1NCC(Cn2cc(C(F)(F)F)nn2)O1. The fourth-order valence-electron chi connectivity index (χ4n) is 1.26. The van der Waals surface area contributed by atoms with E-state index in [1.807, 2.05) is 0 Å². The van der Waals surface area contributed by atoms with Crippen LogP contribution in [0.5, 0.6) is 0 Å². The number of amides is 1. The molecule has 6 nitrogen and oxygen atoms in total. The molecular formula is C7H7F3N4O2. The number of hydrogen-bond donors (Lipinski definition) is 1. The highest BCUT2D eigenvalue weighted by Gasteiger charge is 2.35. The van der Waals surface area contributed by atoms with Crippen LogP contribution in [0.25, 0.3) is 0 Å². The molecule has 1 fully saturated rings. The molecule has 0 bridgehead atoms. The minimum atomic E-state index is -4.51. The van der Waals surface area contributed by atoms with Crippen molar-refractivity contribution >= 4 is 6.09 Å². The van der Waals surface area contributed by atoms with Crippen molar-refractivity contribution in [1.29, 1.82) is 0 Å². The van der Waals surface area contributed by atoms with Crippen molar-refractivity contribution in [3.05, 3.63) is 11.9 Å². The van der Waals surface area contributed by atoms with Gasteiger partial charge in [-0.05, 0) is 0 Å². The van der Waals surface area contributed by atoms with E-state index in [1.165, 1.54) is 0 Å². The van der Waals surface area contributed by atoms with Crippen LogP contribution in [0.3, 0.4) is 0 Å². The van der Waals surface area contributed by atoms with Gasteiger partial charge in [-0.15, -0.1) is 5.10 Å². The number of nitrogens with one attached hydrogen (secondary N) is 1.